The minimum atomic E-state index is -1.64. The van der Waals surface area contributed by atoms with Gasteiger partial charge in [0, 0.05) is 23.9 Å². The number of rotatable bonds is 20. The van der Waals surface area contributed by atoms with Crippen LogP contribution in [-0.4, -0.2) is 80.9 Å². The maximum absolute atomic E-state index is 14.9. The first-order chi connectivity index (χ1) is 28.3. The maximum atomic E-state index is 14.9. The highest BCUT2D eigenvalue weighted by Gasteiger charge is 2.42. The van der Waals surface area contributed by atoms with Crippen LogP contribution in [0, 0.1) is 11.8 Å². The summed E-state index contributed by atoms with van der Waals surface area (Å²) in [6.07, 6.45) is -1.21. The van der Waals surface area contributed by atoms with Gasteiger partial charge in [-0.05, 0) is 53.0 Å². The lowest BCUT2D eigenvalue weighted by Gasteiger charge is -2.38. The quantitative estimate of drug-likeness (QED) is 0.0839. The van der Waals surface area contributed by atoms with Crippen molar-refractivity contribution in [3.8, 4) is 0 Å². The van der Waals surface area contributed by atoms with Crippen LogP contribution in [0.25, 0.3) is 0 Å². The van der Waals surface area contributed by atoms with Gasteiger partial charge in [-0.25, -0.2) is 4.79 Å². The molecule has 6 atom stereocenters. The number of aliphatic hydroxyl groups is 1. The molecule has 0 unspecified atom stereocenters. The number of nitrogens with two attached hydrogens (primary N) is 1. The van der Waals surface area contributed by atoms with Crippen LogP contribution in [0.3, 0.4) is 0 Å². The fourth-order valence-electron chi connectivity index (χ4n) is 6.40. The van der Waals surface area contributed by atoms with Crippen molar-refractivity contribution in [1.29, 1.82) is 0 Å². The number of nitrogens with zero attached hydrogens (tertiary/aromatic N) is 2. The zero-order valence-corrected chi connectivity index (χ0v) is 34.6. The number of hydrogen-bond acceptors (Lipinski definition) is 11. The number of ether oxygens (including phenoxy) is 1. The monoisotopic (exact) mass is 826 g/mol. The van der Waals surface area contributed by atoms with Crippen LogP contribution in [0.5, 0.6) is 0 Å². The van der Waals surface area contributed by atoms with Gasteiger partial charge in [0.05, 0.1) is 24.6 Å². The van der Waals surface area contributed by atoms with Gasteiger partial charge in [0.1, 0.15) is 24.4 Å². The Balaban J connectivity index is 1.64. The molecule has 6 N–H and O–H groups in total. The molecule has 2 aromatic heterocycles. The molecule has 2 heterocycles. The number of benzene rings is 2. The Kier molecular flexibility index (Phi) is 17.9. The van der Waals surface area contributed by atoms with Gasteiger partial charge in [-0.3, -0.25) is 39.2 Å². The number of carbonyl (C=O) groups is 6. The number of aromatic nitrogens is 1. The summed E-state index contributed by atoms with van der Waals surface area (Å²) in [6, 6.07) is 21.1. The summed E-state index contributed by atoms with van der Waals surface area (Å²) in [5.41, 5.74) is 7.92. The molecular formula is C44H54N6O8S. The third kappa shape index (κ3) is 14.2. The molecule has 0 radical (unpaired) electrons. The number of alkyl carbamates (subject to hydrolysis) is 1. The first-order valence-electron chi connectivity index (χ1n) is 19.7. The summed E-state index contributed by atoms with van der Waals surface area (Å²) >= 11 is 1.39. The molecule has 0 fully saturated rings. The van der Waals surface area contributed by atoms with Crippen molar-refractivity contribution >= 4 is 47.0 Å². The summed E-state index contributed by atoms with van der Waals surface area (Å²) in [4.78, 5) is 88.2. The summed E-state index contributed by atoms with van der Waals surface area (Å²) < 4.78 is 5.47. The van der Waals surface area contributed by atoms with Crippen LogP contribution in [0.2, 0.25) is 0 Å². The van der Waals surface area contributed by atoms with Gasteiger partial charge in [-0.15, -0.1) is 11.3 Å². The first kappa shape index (κ1) is 45.9. The van der Waals surface area contributed by atoms with Gasteiger partial charge in [-0.1, -0.05) is 107 Å². The van der Waals surface area contributed by atoms with Crippen LogP contribution in [-0.2, 0) is 43.4 Å². The van der Waals surface area contributed by atoms with E-state index in [1.807, 2.05) is 44.4 Å². The fourth-order valence-corrected chi connectivity index (χ4v) is 7.17. The average molecular weight is 827 g/mol. The molecule has 59 heavy (non-hydrogen) atoms. The Hall–Kier alpha value is -5.77. The van der Waals surface area contributed by atoms with Crippen molar-refractivity contribution in [3.63, 3.8) is 0 Å². The Morgan fingerprint density at radius 2 is 1.49 bits per heavy atom. The molecule has 2 aromatic carbocycles. The van der Waals surface area contributed by atoms with E-state index in [0.29, 0.717) is 12.0 Å². The van der Waals surface area contributed by atoms with Crippen molar-refractivity contribution < 1.29 is 38.6 Å². The van der Waals surface area contributed by atoms with E-state index >= 15 is 0 Å². The summed E-state index contributed by atoms with van der Waals surface area (Å²) in [5, 5.41) is 21.3. The molecule has 14 nitrogen and oxygen atoms in total. The molecule has 0 saturated carbocycles. The topological polar surface area (TPSA) is 210 Å². The number of thiophene rings is 1. The number of amides is 6. The number of pyridine rings is 1. The predicted molar refractivity (Wildman–Crippen MR) is 224 cm³/mol. The molecule has 0 spiro atoms. The van der Waals surface area contributed by atoms with Gasteiger partial charge < -0.3 is 26.2 Å². The van der Waals surface area contributed by atoms with E-state index in [0.717, 1.165) is 15.3 Å². The summed E-state index contributed by atoms with van der Waals surface area (Å²) in [7, 11) is 0. The van der Waals surface area contributed by atoms with Crippen molar-refractivity contribution in [2.75, 3.05) is 0 Å². The second-order valence-corrected chi connectivity index (χ2v) is 15.8. The smallest absolute Gasteiger partial charge is 0.408 e. The summed E-state index contributed by atoms with van der Waals surface area (Å²) in [6.45, 7) is 7.13. The Morgan fingerprint density at radius 1 is 0.831 bits per heavy atom. The minimum Gasteiger partial charge on any atom is -0.445 e. The second kappa shape index (κ2) is 23.0. The lowest BCUT2D eigenvalue weighted by molar-refractivity contribution is -0.154. The SMILES string of the molecule is CC[C@H](C)[C@H](NC(=O)C[C@H](O)[C@H](CC(C)C)N(C(=O)[C@H](Cc1ccccc1)NC(=O)OCc1ccccc1)C(=O)[C@@H](N)Cc1cccs1)C(=O)NC(=O)c1ccccn1. The highest BCUT2D eigenvalue weighted by Crippen LogP contribution is 2.23. The van der Waals surface area contributed by atoms with Crippen molar-refractivity contribution in [3.05, 3.63) is 124 Å². The van der Waals surface area contributed by atoms with Gasteiger partial charge >= 0.3 is 6.09 Å². The molecule has 0 saturated heterocycles. The van der Waals surface area contributed by atoms with E-state index in [9.17, 15) is 33.9 Å². The van der Waals surface area contributed by atoms with E-state index in [4.69, 9.17) is 10.5 Å². The van der Waals surface area contributed by atoms with Crippen LogP contribution >= 0.6 is 11.3 Å². The lowest BCUT2D eigenvalue weighted by Crippen LogP contribution is -2.61. The molecule has 0 aliphatic carbocycles. The fraction of sp³-hybridized carbons (Fsp3) is 0.386. The van der Waals surface area contributed by atoms with E-state index in [2.05, 4.69) is 20.9 Å². The molecule has 15 heteroatoms. The average Bonchev–Trinajstić information content (AvgIpc) is 3.75. The number of hydrogen-bond donors (Lipinski definition) is 5. The number of carbonyl (C=O) groups excluding carboxylic acids is 6. The van der Waals surface area contributed by atoms with E-state index in [1.165, 1.54) is 23.6 Å². The van der Waals surface area contributed by atoms with Crippen molar-refractivity contribution in [2.45, 2.75) is 96.7 Å². The Bertz CT molecular complexity index is 1970. The first-order valence-corrected chi connectivity index (χ1v) is 20.5. The van der Waals surface area contributed by atoms with E-state index in [1.54, 1.807) is 73.7 Å². The summed E-state index contributed by atoms with van der Waals surface area (Å²) in [5.74, 6) is -4.57. The minimum absolute atomic E-state index is 0.0123. The molecule has 314 valence electrons. The standard InChI is InChI=1S/C44H54N6O8S/c1-5-29(4)39(41(54)49-40(53)34-20-12-13-21-46-34)48-38(52)26-37(51)36(23-28(2)3)50(42(55)33(45)25-32-19-14-22-59-32)43(56)35(24-30-15-8-6-9-16-30)47-44(57)58-27-31-17-10-7-11-18-31/h6-22,28-29,33,35-37,39,51H,5,23-27,45H2,1-4H3,(H,47,57)(H,48,52)(H,49,53,54)/t29-,33-,35-,36-,37-,39-/m0/s1. The lowest BCUT2D eigenvalue weighted by atomic mass is 9.92. The van der Waals surface area contributed by atoms with Crippen LogP contribution in [0.1, 0.15) is 73.4 Å². The second-order valence-electron chi connectivity index (χ2n) is 14.8. The molecule has 0 aliphatic rings. The molecule has 4 aromatic rings. The Labute approximate surface area is 348 Å². The van der Waals surface area contributed by atoms with Crippen LogP contribution in [0.15, 0.2) is 103 Å². The zero-order chi connectivity index (χ0) is 42.9. The molecule has 6 amide bonds. The number of nitrogens with one attached hydrogen (secondary N) is 3. The third-order valence-electron chi connectivity index (χ3n) is 9.71. The van der Waals surface area contributed by atoms with Gasteiger partial charge in [0.25, 0.3) is 11.8 Å². The highest BCUT2D eigenvalue weighted by atomic mass is 32.1. The molecular weight excluding hydrogens is 773 g/mol. The maximum Gasteiger partial charge on any atom is 0.408 e. The number of imide groups is 2. The molecule has 4 rings (SSSR count). The Morgan fingerprint density at radius 3 is 2.08 bits per heavy atom. The molecule has 0 bridgehead atoms. The normalized spacial score (nSPS) is 14.2. The third-order valence-corrected chi connectivity index (χ3v) is 10.6. The van der Waals surface area contributed by atoms with Gasteiger partial charge in [0.2, 0.25) is 17.7 Å². The zero-order valence-electron chi connectivity index (χ0n) is 33.8. The van der Waals surface area contributed by atoms with Crippen molar-refractivity contribution in [2.24, 2.45) is 17.6 Å². The highest BCUT2D eigenvalue weighted by molar-refractivity contribution is 7.09. The largest absolute Gasteiger partial charge is 0.445 e. The number of aliphatic hydroxyl groups excluding tert-OH is 1. The van der Waals surface area contributed by atoms with Crippen molar-refractivity contribution in [1.82, 2.24) is 25.8 Å². The van der Waals surface area contributed by atoms with E-state index in [-0.39, 0.29) is 37.5 Å². The van der Waals surface area contributed by atoms with Gasteiger partial charge in [0.15, 0.2) is 0 Å². The van der Waals surface area contributed by atoms with Crippen LogP contribution in [0.4, 0.5) is 4.79 Å². The van der Waals surface area contributed by atoms with Gasteiger partial charge in [-0.2, -0.15) is 0 Å². The molecule has 0 aliphatic heterocycles. The van der Waals surface area contributed by atoms with E-state index < -0.39 is 78.2 Å². The predicted octanol–water partition coefficient (Wildman–Crippen LogP) is 4.56. The van der Waals surface area contributed by atoms with Crippen LogP contribution < -0.4 is 21.7 Å².